The highest BCUT2D eigenvalue weighted by Gasteiger charge is 2.49. The number of carbonyl (C=O) groups excluding carboxylic acids is 10. The van der Waals surface area contributed by atoms with Gasteiger partial charge in [0.15, 0.2) is 5.78 Å². The van der Waals surface area contributed by atoms with Crippen LogP contribution in [0.15, 0.2) is 110 Å². The van der Waals surface area contributed by atoms with Gasteiger partial charge >= 0.3 is 5.97 Å². The number of H-pyrrole nitrogens is 3. The van der Waals surface area contributed by atoms with E-state index in [9.17, 15) is 52.6 Å². The Morgan fingerprint density at radius 2 is 1.32 bits per heavy atom. The first-order valence-corrected chi connectivity index (χ1v) is 34.7. The number of benzene rings is 4. The van der Waals surface area contributed by atoms with Gasteiger partial charge in [-0.1, -0.05) is 36.4 Å². The number of hydrogen-bond donors (Lipinski definition) is 12. The van der Waals surface area contributed by atoms with Gasteiger partial charge in [0.25, 0.3) is 0 Å². The van der Waals surface area contributed by atoms with E-state index in [-0.39, 0.29) is 80.0 Å². The van der Waals surface area contributed by atoms with Gasteiger partial charge in [-0.25, -0.2) is 13.8 Å². The smallest absolute Gasteiger partial charge is 0.305 e. The van der Waals surface area contributed by atoms with Gasteiger partial charge in [-0.2, -0.15) is 23.5 Å². The maximum atomic E-state index is 15.3. The number of aromatic amines is 3. The van der Waals surface area contributed by atoms with Crippen molar-refractivity contribution in [2.24, 2.45) is 11.7 Å². The summed E-state index contributed by atoms with van der Waals surface area (Å²) in [6, 6.07) is 12.3. The van der Waals surface area contributed by atoms with Crippen LogP contribution >= 0.6 is 23.5 Å². The lowest BCUT2D eigenvalue weighted by Gasteiger charge is -2.37. The van der Waals surface area contributed by atoms with Crippen molar-refractivity contribution in [2.75, 3.05) is 31.1 Å². The SMILES string of the molecule is C[C@@]12CCCN1C(=O)[C@H](Cc1ccc(O)cc1)CC(=O)[C@H](Cc1cnc[nH]1)NC(=O)[C@H](CC(=O)O)NC(=O)[C@H](Cc1c[nH]c3ccc(F)cc13)NC(=O)[C@H](Cc1c[nH]c3ccc(F)cc13)NC(=O)CNC(=O)[C@@H]1CCC(=O)N1CCCSCc1cccc(c1)CSC[C@@H](C(N)=O)NC2=O. The van der Waals surface area contributed by atoms with Crippen LogP contribution in [-0.2, 0) is 89.9 Å². The molecule has 99 heavy (non-hydrogen) atoms. The number of carbonyl (C=O) groups is 11. The number of fused-ring (bicyclic) bond motifs is 6. The van der Waals surface area contributed by atoms with Crippen LogP contribution in [0.1, 0.15) is 85.4 Å². The van der Waals surface area contributed by atoms with E-state index in [1.165, 1.54) is 95.0 Å². The normalized spacial score (nSPS) is 23.7. The molecule has 10 rings (SSSR count). The van der Waals surface area contributed by atoms with Crippen molar-refractivity contribution >= 4 is 110 Å². The lowest BCUT2D eigenvalue weighted by atomic mass is 9.88. The van der Waals surface area contributed by atoms with E-state index < -0.39 is 144 Å². The predicted molar refractivity (Wildman–Crippen MR) is 363 cm³/mol. The first-order valence-electron chi connectivity index (χ1n) is 32.4. The number of carboxylic acids is 1. The van der Waals surface area contributed by atoms with Crippen LogP contribution in [0.3, 0.4) is 0 Å². The number of imidazole rings is 1. The number of hydrogen-bond acceptors (Lipinski definition) is 15. The minimum absolute atomic E-state index is 0.0643. The predicted octanol–water partition coefficient (Wildman–Crippen LogP) is 3.64. The standard InChI is InChI=1S/C69H77F2N13O13S2/c1-69-17-3-19-84(69)67(96)41(22-38-7-11-47(85)12-8-38)25-58(86)52(28-46-32-73-37-77-46)79-65(94)55(29-61(89)90)81-64(93)54(24-43-31-75-51-14-10-45(71)27-49(43)51)80-63(92)53(23-42-30-74-50-13-9-44(70)26-48(42)50)78-59(87)33-76-66(95)57-15-16-60(88)83(57)18-4-20-98-34-39-5-2-6-40(21-39)35-99-36-56(62(72)91)82-68(69)97/h2,5-14,21,26-27,30-32,37,41,52-57,74-75,85H,3-4,15-20,22-25,28-29,33-36H2,1H3,(H2,72,91)(H,73,77)(H,76,95)(H,78,87)(H,79,94)(H,80,92)(H,81,93)(H,82,97)(H,89,90)/t41-,52+,53+,54+,55+,56+,57+,69+/m1/s1. The summed E-state index contributed by atoms with van der Waals surface area (Å²) >= 11 is 2.97. The van der Waals surface area contributed by atoms with Gasteiger partial charge in [0.05, 0.1) is 25.3 Å². The summed E-state index contributed by atoms with van der Waals surface area (Å²) in [5.41, 5.74) is 8.56. The number of Topliss-reactive ketones (excluding diaryl/α,β-unsaturated/α-hetero) is 1. The van der Waals surface area contributed by atoms with Crippen LogP contribution in [0.4, 0.5) is 8.78 Å². The summed E-state index contributed by atoms with van der Waals surface area (Å²) < 4.78 is 29.8. The fourth-order valence-corrected chi connectivity index (χ4v) is 14.7. The Hall–Kier alpha value is -10.1. The lowest BCUT2D eigenvalue weighted by molar-refractivity contribution is -0.148. The number of aromatic hydroxyl groups is 1. The van der Waals surface area contributed by atoms with Crippen molar-refractivity contribution < 1.29 is 71.7 Å². The highest BCUT2D eigenvalue weighted by molar-refractivity contribution is 7.98. The summed E-state index contributed by atoms with van der Waals surface area (Å²) in [7, 11) is 0. The van der Waals surface area contributed by atoms with Crippen LogP contribution in [-0.4, -0.2) is 178 Å². The highest BCUT2D eigenvalue weighted by atomic mass is 32.2. The van der Waals surface area contributed by atoms with E-state index >= 15 is 19.2 Å². The van der Waals surface area contributed by atoms with Gasteiger partial charge in [-0.3, -0.25) is 52.7 Å². The van der Waals surface area contributed by atoms with Crippen molar-refractivity contribution in [1.29, 1.82) is 0 Å². The van der Waals surface area contributed by atoms with Crippen LogP contribution in [0.5, 0.6) is 5.75 Å². The molecular weight excluding hydrogens is 1320 g/mol. The second-order valence-electron chi connectivity index (χ2n) is 25.2. The van der Waals surface area contributed by atoms with Crippen molar-refractivity contribution in [3.63, 3.8) is 0 Å². The zero-order valence-corrected chi connectivity index (χ0v) is 55.7. The summed E-state index contributed by atoms with van der Waals surface area (Å²) in [5, 5.41) is 36.9. The molecule has 2 saturated heterocycles. The number of nitrogens with two attached hydrogens (primary N) is 1. The molecular formula is C69H77F2N13O13S2. The maximum absolute atomic E-state index is 15.3. The number of aliphatic carboxylic acids is 1. The van der Waals surface area contributed by atoms with E-state index in [4.69, 9.17) is 5.73 Å². The minimum Gasteiger partial charge on any atom is -0.508 e. The number of rotatable bonds is 11. The monoisotopic (exact) mass is 1400 g/mol. The number of primary amides is 1. The fraction of sp³-hybridized carbons (Fsp3) is 0.391. The van der Waals surface area contributed by atoms with E-state index in [1.807, 2.05) is 24.3 Å². The maximum Gasteiger partial charge on any atom is 0.305 e. The van der Waals surface area contributed by atoms with E-state index in [2.05, 4.69) is 51.8 Å². The van der Waals surface area contributed by atoms with Gasteiger partial charge in [0.1, 0.15) is 53.1 Å². The van der Waals surface area contributed by atoms with Gasteiger partial charge in [0.2, 0.25) is 53.2 Å². The first-order chi connectivity index (χ1) is 47.5. The molecule has 30 heteroatoms. The lowest BCUT2D eigenvalue weighted by Crippen LogP contribution is -2.60. The van der Waals surface area contributed by atoms with Gasteiger partial charge in [-0.15, -0.1) is 0 Å². The molecule has 2 bridgehead atoms. The van der Waals surface area contributed by atoms with Crippen LogP contribution in [0.25, 0.3) is 21.8 Å². The second-order valence-corrected chi connectivity index (χ2v) is 27.4. The Kier molecular flexibility index (Phi) is 23.5. The van der Waals surface area contributed by atoms with E-state index in [0.717, 1.165) is 11.1 Å². The molecule has 0 aliphatic carbocycles. The molecule has 6 heterocycles. The average molecular weight is 1400 g/mol. The number of nitrogens with zero attached hydrogens (tertiary/aromatic N) is 3. The number of aromatic nitrogens is 4. The summed E-state index contributed by atoms with van der Waals surface area (Å²) in [6.45, 7) is 1.17. The third-order valence-electron chi connectivity index (χ3n) is 18.1. The van der Waals surface area contributed by atoms with Gasteiger partial charge < -0.3 is 72.6 Å². The average Bonchev–Trinajstić information content (AvgIpc) is 1.69. The topological polar surface area (TPSA) is 393 Å². The van der Waals surface area contributed by atoms with Crippen LogP contribution in [0.2, 0.25) is 0 Å². The zero-order chi connectivity index (χ0) is 70.5. The van der Waals surface area contributed by atoms with Gasteiger partial charge in [0, 0.05) is 114 Å². The quantitative estimate of drug-likeness (QED) is 0.0879. The van der Waals surface area contributed by atoms with E-state index in [0.29, 0.717) is 63.3 Å². The molecule has 0 spiro atoms. The third kappa shape index (κ3) is 18.4. The molecule has 0 radical (unpaired) electrons. The molecule has 7 aromatic rings. The number of nitrogens with one attached hydrogen (secondary N) is 9. The molecule has 9 amide bonds. The Balaban J connectivity index is 0.978. The van der Waals surface area contributed by atoms with Crippen molar-refractivity contribution in [2.45, 2.75) is 131 Å². The molecule has 2 fully saturated rings. The molecule has 3 aliphatic rings. The molecule has 0 unspecified atom stereocenters. The van der Waals surface area contributed by atoms with Crippen molar-refractivity contribution in [3.05, 3.63) is 155 Å². The number of carboxylic acid groups (broad SMARTS) is 1. The molecule has 26 nitrogen and oxygen atoms in total. The molecule has 3 aliphatic heterocycles. The highest BCUT2D eigenvalue weighted by Crippen LogP contribution is 2.34. The summed E-state index contributed by atoms with van der Waals surface area (Å²) in [4.78, 5) is 173. The summed E-state index contributed by atoms with van der Waals surface area (Å²) in [6.07, 6.45) is 3.96. The largest absolute Gasteiger partial charge is 0.508 e. The number of phenols is 1. The molecule has 0 saturated carbocycles. The molecule has 4 aromatic carbocycles. The Morgan fingerprint density at radius 3 is 1.96 bits per heavy atom. The number of amides is 9. The minimum atomic E-state index is -2.01. The Bertz CT molecular complexity index is 4170. The van der Waals surface area contributed by atoms with E-state index in [1.54, 1.807) is 30.8 Å². The molecule has 522 valence electrons. The Morgan fingerprint density at radius 1 is 0.697 bits per heavy atom. The molecule has 13 N–H and O–H groups in total. The summed E-state index contributed by atoms with van der Waals surface area (Å²) in [5.74, 6) is -10.5. The molecule has 8 atom stereocenters. The number of phenolic OH excluding ortho intramolecular Hbond substituents is 1. The van der Waals surface area contributed by atoms with Crippen molar-refractivity contribution in [1.82, 2.24) is 61.6 Å². The molecule has 3 aromatic heterocycles. The fourth-order valence-electron chi connectivity index (χ4n) is 12.8. The third-order valence-corrected chi connectivity index (χ3v) is 20.3. The Labute approximate surface area is 575 Å². The van der Waals surface area contributed by atoms with Crippen LogP contribution in [0, 0.1) is 17.6 Å². The van der Waals surface area contributed by atoms with Gasteiger partial charge in [-0.05, 0) is 121 Å². The second kappa shape index (κ2) is 32.5. The zero-order valence-electron chi connectivity index (χ0n) is 54.0. The van der Waals surface area contributed by atoms with Crippen molar-refractivity contribution in [3.8, 4) is 5.75 Å². The van der Waals surface area contributed by atoms with Crippen LogP contribution < -0.4 is 37.6 Å². The number of thioether (sulfide) groups is 2. The number of ketones is 1. The number of halogens is 2. The first kappa shape index (κ1) is 71.7.